The van der Waals surface area contributed by atoms with E-state index in [-0.39, 0.29) is 0 Å². The largest absolute Gasteiger partial charge is 0.490 e. The average Bonchev–Trinajstić information content (AvgIpc) is 3.03. The third kappa shape index (κ3) is 5.50. The highest BCUT2D eigenvalue weighted by atomic mass is 16.5. The van der Waals surface area contributed by atoms with E-state index in [4.69, 9.17) is 14.2 Å². The van der Waals surface area contributed by atoms with Gasteiger partial charge in [0, 0.05) is 19.7 Å². The first-order valence-electron chi connectivity index (χ1n) is 8.54. The van der Waals surface area contributed by atoms with Crippen molar-refractivity contribution in [2.24, 2.45) is 0 Å². The summed E-state index contributed by atoms with van der Waals surface area (Å²) in [5.41, 5.74) is 1.21. The molecule has 0 aromatic heterocycles. The molecule has 0 radical (unpaired) electrons. The Bertz CT molecular complexity index is 430. The van der Waals surface area contributed by atoms with Gasteiger partial charge in [-0.05, 0) is 43.9 Å². The number of hydrogen-bond acceptors (Lipinski definition) is 4. The Morgan fingerprint density at radius 3 is 2.86 bits per heavy atom. The van der Waals surface area contributed by atoms with E-state index in [9.17, 15) is 0 Å². The van der Waals surface area contributed by atoms with E-state index in [1.807, 2.05) is 13.0 Å². The number of unbranched alkanes of at least 4 members (excludes halogenated alkanes) is 1. The molecule has 0 saturated carbocycles. The monoisotopic (exact) mass is 307 g/mol. The molecule has 4 nitrogen and oxygen atoms in total. The van der Waals surface area contributed by atoms with Crippen LogP contribution in [0, 0.1) is 0 Å². The third-order valence-electron chi connectivity index (χ3n) is 3.79. The van der Waals surface area contributed by atoms with Gasteiger partial charge < -0.3 is 19.5 Å². The van der Waals surface area contributed by atoms with Crippen LogP contribution in [0.3, 0.4) is 0 Å². The summed E-state index contributed by atoms with van der Waals surface area (Å²) in [6.07, 6.45) is 4.93. The molecular weight excluding hydrogens is 278 g/mol. The lowest BCUT2D eigenvalue weighted by Gasteiger charge is -2.14. The van der Waals surface area contributed by atoms with Crippen molar-refractivity contribution in [3.63, 3.8) is 0 Å². The molecule has 1 aliphatic rings. The van der Waals surface area contributed by atoms with E-state index in [1.165, 1.54) is 18.4 Å². The Morgan fingerprint density at radius 2 is 2.14 bits per heavy atom. The minimum atomic E-state index is 0.378. The summed E-state index contributed by atoms with van der Waals surface area (Å²) in [6, 6.07) is 6.20. The second kappa shape index (κ2) is 9.70. The fourth-order valence-electron chi connectivity index (χ4n) is 2.56. The highest BCUT2D eigenvalue weighted by Gasteiger charge is 2.14. The molecule has 1 N–H and O–H groups in total. The molecule has 0 amide bonds. The Labute approximate surface area is 134 Å². The highest BCUT2D eigenvalue weighted by molar-refractivity contribution is 5.43. The van der Waals surface area contributed by atoms with E-state index in [0.29, 0.717) is 12.7 Å². The van der Waals surface area contributed by atoms with Crippen LogP contribution in [0.15, 0.2) is 18.2 Å². The molecule has 1 saturated heterocycles. The lowest BCUT2D eigenvalue weighted by atomic mass is 10.2. The van der Waals surface area contributed by atoms with Crippen molar-refractivity contribution in [3.8, 4) is 11.5 Å². The van der Waals surface area contributed by atoms with Crippen LogP contribution in [0.25, 0.3) is 0 Å². The molecule has 0 bridgehead atoms. The first kappa shape index (κ1) is 17.1. The summed E-state index contributed by atoms with van der Waals surface area (Å²) in [5.74, 6) is 1.69. The van der Waals surface area contributed by atoms with Gasteiger partial charge in [-0.2, -0.15) is 0 Å². The van der Waals surface area contributed by atoms with E-state index >= 15 is 0 Å². The van der Waals surface area contributed by atoms with E-state index in [1.54, 1.807) is 0 Å². The Hall–Kier alpha value is -1.26. The Morgan fingerprint density at radius 1 is 1.23 bits per heavy atom. The number of nitrogens with one attached hydrogen (secondary N) is 1. The molecule has 0 aliphatic carbocycles. The maximum atomic E-state index is 5.81. The predicted molar refractivity (Wildman–Crippen MR) is 88.7 cm³/mol. The normalized spacial score (nSPS) is 17.6. The summed E-state index contributed by atoms with van der Waals surface area (Å²) < 4.78 is 17.1. The summed E-state index contributed by atoms with van der Waals surface area (Å²) in [7, 11) is 0. The van der Waals surface area contributed by atoms with Crippen LogP contribution in [-0.2, 0) is 11.3 Å². The van der Waals surface area contributed by atoms with Gasteiger partial charge >= 0.3 is 0 Å². The molecule has 22 heavy (non-hydrogen) atoms. The average molecular weight is 307 g/mol. The second-order valence-electron chi connectivity index (χ2n) is 5.68. The molecule has 0 spiro atoms. The van der Waals surface area contributed by atoms with Gasteiger partial charge in [0.2, 0.25) is 0 Å². The zero-order valence-electron chi connectivity index (χ0n) is 13.9. The molecule has 124 valence electrons. The van der Waals surface area contributed by atoms with Crippen LogP contribution in [0.5, 0.6) is 11.5 Å². The molecule has 1 aromatic rings. The number of rotatable bonds is 10. The van der Waals surface area contributed by atoms with Gasteiger partial charge in [-0.25, -0.2) is 0 Å². The van der Waals surface area contributed by atoms with E-state index < -0.39 is 0 Å². The van der Waals surface area contributed by atoms with Crippen LogP contribution in [0.2, 0.25) is 0 Å². The molecule has 0 unspecified atom stereocenters. The second-order valence-corrected chi connectivity index (χ2v) is 5.68. The van der Waals surface area contributed by atoms with E-state index in [2.05, 4.69) is 24.4 Å². The maximum absolute atomic E-state index is 5.81. The third-order valence-corrected chi connectivity index (χ3v) is 3.79. The zero-order chi connectivity index (χ0) is 15.6. The minimum absolute atomic E-state index is 0.378. The topological polar surface area (TPSA) is 39.7 Å². The maximum Gasteiger partial charge on any atom is 0.161 e. The van der Waals surface area contributed by atoms with Crippen LogP contribution < -0.4 is 14.8 Å². The van der Waals surface area contributed by atoms with Crippen molar-refractivity contribution in [2.75, 3.05) is 26.4 Å². The molecule has 1 aromatic carbocycles. The Balaban J connectivity index is 1.86. The lowest BCUT2D eigenvalue weighted by Crippen LogP contribution is -2.25. The van der Waals surface area contributed by atoms with Crippen molar-refractivity contribution < 1.29 is 14.2 Å². The molecule has 1 atom stereocenters. The highest BCUT2D eigenvalue weighted by Crippen LogP contribution is 2.28. The van der Waals surface area contributed by atoms with Crippen LogP contribution >= 0.6 is 0 Å². The lowest BCUT2D eigenvalue weighted by molar-refractivity contribution is 0.110. The summed E-state index contributed by atoms with van der Waals surface area (Å²) in [4.78, 5) is 0. The molecule has 2 rings (SSSR count). The van der Waals surface area contributed by atoms with Gasteiger partial charge in [-0.15, -0.1) is 0 Å². The van der Waals surface area contributed by atoms with Crippen LogP contribution in [0.1, 0.15) is 45.1 Å². The van der Waals surface area contributed by atoms with Crippen molar-refractivity contribution >= 4 is 0 Å². The number of hydrogen-bond donors (Lipinski definition) is 1. The van der Waals surface area contributed by atoms with Gasteiger partial charge in [0.25, 0.3) is 0 Å². The zero-order valence-corrected chi connectivity index (χ0v) is 13.9. The predicted octanol–water partition coefficient (Wildman–Crippen LogP) is 3.53. The van der Waals surface area contributed by atoms with Gasteiger partial charge in [0.1, 0.15) is 0 Å². The SMILES string of the molecule is CCCCOc1ccc(CNC[C@@H]2CCCO2)cc1OCC. The van der Waals surface area contributed by atoms with E-state index in [0.717, 1.165) is 50.6 Å². The summed E-state index contributed by atoms with van der Waals surface area (Å²) >= 11 is 0. The van der Waals surface area contributed by atoms with Crippen molar-refractivity contribution in [1.29, 1.82) is 0 Å². The smallest absolute Gasteiger partial charge is 0.161 e. The fraction of sp³-hybridized carbons (Fsp3) is 0.667. The number of benzene rings is 1. The molecule has 1 aliphatic heterocycles. The molecular formula is C18H29NO3. The fourth-order valence-corrected chi connectivity index (χ4v) is 2.56. The van der Waals surface area contributed by atoms with Crippen molar-refractivity contribution in [3.05, 3.63) is 23.8 Å². The molecule has 4 heteroatoms. The summed E-state index contributed by atoms with van der Waals surface area (Å²) in [6.45, 7) is 8.20. The molecule has 1 fully saturated rings. The standard InChI is InChI=1S/C18H29NO3/c1-3-5-10-22-17-9-8-15(12-18(17)20-4-2)13-19-14-16-7-6-11-21-16/h8-9,12,16,19H,3-7,10-11,13-14H2,1-2H3/t16-/m0/s1. The number of ether oxygens (including phenoxy) is 3. The van der Waals surface area contributed by atoms with Crippen molar-refractivity contribution in [2.45, 2.75) is 52.2 Å². The Kier molecular flexibility index (Phi) is 7.54. The quantitative estimate of drug-likeness (QED) is 0.671. The molecule has 1 heterocycles. The minimum Gasteiger partial charge on any atom is -0.490 e. The summed E-state index contributed by atoms with van der Waals surface area (Å²) in [5, 5.41) is 3.46. The first-order chi connectivity index (χ1) is 10.8. The van der Waals surface area contributed by atoms with Gasteiger partial charge in [-0.1, -0.05) is 19.4 Å². The van der Waals surface area contributed by atoms with Crippen molar-refractivity contribution in [1.82, 2.24) is 5.32 Å². The first-order valence-corrected chi connectivity index (χ1v) is 8.54. The van der Waals surface area contributed by atoms with Gasteiger partial charge in [0.05, 0.1) is 19.3 Å². The van der Waals surface area contributed by atoms with Gasteiger partial charge in [0.15, 0.2) is 11.5 Å². The van der Waals surface area contributed by atoms with Crippen LogP contribution in [0.4, 0.5) is 0 Å². The van der Waals surface area contributed by atoms with Gasteiger partial charge in [-0.3, -0.25) is 0 Å². The van der Waals surface area contributed by atoms with Crippen LogP contribution in [-0.4, -0.2) is 32.5 Å².